The van der Waals surface area contributed by atoms with Gasteiger partial charge in [-0.3, -0.25) is 9.32 Å². The van der Waals surface area contributed by atoms with Crippen LogP contribution in [-0.2, 0) is 9.09 Å². The van der Waals surface area contributed by atoms with Gasteiger partial charge < -0.3 is 4.52 Å². The largest absolute Gasteiger partial charge is 0.424 e. The second kappa shape index (κ2) is 15.2. The van der Waals surface area contributed by atoms with Gasteiger partial charge in [-0.1, -0.05) is 96.6 Å². The number of carbonyl (C=O) groups is 1. The highest BCUT2D eigenvalue weighted by Gasteiger charge is 2.26. The summed E-state index contributed by atoms with van der Waals surface area (Å²) in [7, 11) is -3.25. The lowest BCUT2D eigenvalue weighted by Crippen LogP contribution is -2.05. The number of hydrogen-bond donors (Lipinski definition) is 0. The van der Waals surface area contributed by atoms with E-state index in [-0.39, 0.29) is 5.78 Å². The molecule has 0 aromatic heterocycles. The zero-order valence-corrected chi connectivity index (χ0v) is 22.4. The molecule has 5 heteroatoms. The lowest BCUT2D eigenvalue weighted by molar-refractivity contribution is 0.103. The predicted molar refractivity (Wildman–Crippen MR) is 142 cm³/mol. The van der Waals surface area contributed by atoms with Crippen molar-refractivity contribution in [1.82, 2.24) is 0 Å². The SMILES string of the molecule is CC(C)CCCCCOP(=O)(CCCCCC(C)C)Oc1ccc(C(=O)c2ccccc2)cc1. The van der Waals surface area contributed by atoms with Crippen molar-refractivity contribution in [2.45, 2.75) is 79.1 Å². The van der Waals surface area contributed by atoms with Gasteiger partial charge in [0.05, 0.1) is 12.8 Å². The van der Waals surface area contributed by atoms with Gasteiger partial charge in [0, 0.05) is 11.1 Å². The summed E-state index contributed by atoms with van der Waals surface area (Å²) in [6.45, 7) is 9.37. The molecule has 1 unspecified atom stereocenters. The highest BCUT2D eigenvalue weighted by molar-refractivity contribution is 7.54. The summed E-state index contributed by atoms with van der Waals surface area (Å²) in [5.74, 6) is 1.83. The number of ketones is 1. The molecule has 2 rings (SSSR count). The minimum atomic E-state index is -3.25. The maximum Gasteiger partial charge on any atom is 0.379 e. The molecule has 1 atom stereocenters. The molecular formula is C29H43O4P. The summed E-state index contributed by atoms with van der Waals surface area (Å²) in [5.41, 5.74) is 1.22. The summed E-state index contributed by atoms with van der Waals surface area (Å²) in [4.78, 5) is 12.6. The number of benzene rings is 2. The van der Waals surface area contributed by atoms with Crippen LogP contribution in [0.25, 0.3) is 0 Å². The van der Waals surface area contributed by atoms with Crippen LogP contribution in [0.4, 0.5) is 0 Å². The maximum absolute atomic E-state index is 13.5. The lowest BCUT2D eigenvalue weighted by atomic mass is 10.0. The van der Waals surface area contributed by atoms with E-state index in [0.29, 0.717) is 41.5 Å². The Hall–Kier alpha value is -1.90. The van der Waals surface area contributed by atoms with Crippen LogP contribution in [0.5, 0.6) is 5.75 Å². The maximum atomic E-state index is 13.5. The fourth-order valence-electron chi connectivity index (χ4n) is 3.79. The van der Waals surface area contributed by atoms with Gasteiger partial charge in [0.25, 0.3) is 0 Å². The third-order valence-corrected chi connectivity index (χ3v) is 7.75. The van der Waals surface area contributed by atoms with Crippen molar-refractivity contribution in [3.63, 3.8) is 0 Å². The fraction of sp³-hybridized carbons (Fsp3) is 0.552. The Morgan fingerprint density at radius 1 is 0.735 bits per heavy atom. The number of rotatable bonds is 17. The van der Waals surface area contributed by atoms with Crippen molar-refractivity contribution in [2.24, 2.45) is 11.8 Å². The quantitative estimate of drug-likeness (QED) is 0.127. The number of unbranched alkanes of at least 4 members (excludes halogenated alkanes) is 4. The Bertz CT molecular complexity index is 875. The van der Waals surface area contributed by atoms with Crippen molar-refractivity contribution in [2.75, 3.05) is 12.8 Å². The van der Waals surface area contributed by atoms with Crippen LogP contribution in [0, 0.1) is 11.8 Å². The average Bonchev–Trinajstić information content (AvgIpc) is 2.81. The molecular weight excluding hydrogens is 443 g/mol. The Labute approximate surface area is 207 Å². The molecule has 0 spiro atoms. The molecule has 0 radical (unpaired) electrons. The molecule has 0 aliphatic carbocycles. The summed E-state index contributed by atoms with van der Waals surface area (Å²) < 4.78 is 25.4. The van der Waals surface area contributed by atoms with Crippen LogP contribution in [-0.4, -0.2) is 18.6 Å². The van der Waals surface area contributed by atoms with Crippen molar-refractivity contribution in [3.05, 3.63) is 65.7 Å². The minimum absolute atomic E-state index is 0.0434. The molecule has 188 valence electrons. The highest BCUT2D eigenvalue weighted by atomic mass is 31.2. The number of hydrogen-bond acceptors (Lipinski definition) is 4. The Morgan fingerprint density at radius 3 is 1.88 bits per heavy atom. The first-order valence-corrected chi connectivity index (χ1v) is 14.6. The van der Waals surface area contributed by atoms with Crippen LogP contribution >= 0.6 is 7.60 Å². The molecule has 0 bridgehead atoms. The summed E-state index contributed by atoms with van der Waals surface area (Å²) >= 11 is 0. The summed E-state index contributed by atoms with van der Waals surface area (Å²) in [6, 6.07) is 16.1. The van der Waals surface area contributed by atoms with Crippen LogP contribution in [0.15, 0.2) is 54.6 Å². The van der Waals surface area contributed by atoms with Gasteiger partial charge >= 0.3 is 7.60 Å². The van der Waals surface area contributed by atoms with Crippen molar-refractivity contribution in [1.29, 1.82) is 0 Å². The molecule has 0 aliphatic rings. The molecule has 0 N–H and O–H groups in total. The van der Waals surface area contributed by atoms with Crippen LogP contribution in [0.2, 0.25) is 0 Å². The van der Waals surface area contributed by atoms with Gasteiger partial charge in [0.1, 0.15) is 5.75 Å². The fourth-order valence-corrected chi connectivity index (χ4v) is 5.52. The number of carbonyl (C=O) groups excluding carboxylic acids is 1. The monoisotopic (exact) mass is 486 g/mol. The second-order valence-corrected chi connectivity index (χ2v) is 12.1. The van der Waals surface area contributed by atoms with Gasteiger partial charge in [-0.05, 0) is 48.9 Å². The molecule has 0 aliphatic heterocycles. The standard InChI is InChI=1S/C29H43O4P/c1-24(2)14-8-6-12-22-32-34(31,23-13-7-9-15-25(3)4)33-28-20-18-27(19-21-28)29(30)26-16-10-5-11-17-26/h5,10-11,16-21,24-25H,6-9,12-15,22-23H2,1-4H3. The molecule has 34 heavy (non-hydrogen) atoms. The zero-order valence-electron chi connectivity index (χ0n) is 21.5. The van der Waals surface area contributed by atoms with E-state index in [2.05, 4.69) is 27.7 Å². The Kier molecular flexibility index (Phi) is 12.6. The molecule has 0 saturated heterocycles. The van der Waals surface area contributed by atoms with Crippen LogP contribution in [0.1, 0.15) is 95.0 Å². The van der Waals surface area contributed by atoms with E-state index in [9.17, 15) is 9.36 Å². The van der Waals surface area contributed by atoms with E-state index >= 15 is 0 Å². The molecule has 2 aromatic rings. The van der Waals surface area contributed by atoms with E-state index in [1.54, 1.807) is 36.4 Å². The molecule has 0 fully saturated rings. The average molecular weight is 487 g/mol. The van der Waals surface area contributed by atoms with Gasteiger partial charge in [-0.15, -0.1) is 0 Å². The molecule has 0 saturated carbocycles. The van der Waals surface area contributed by atoms with Gasteiger partial charge in [0.15, 0.2) is 5.78 Å². The third kappa shape index (κ3) is 11.0. The topological polar surface area (TPSA) is 52.6 Å². The van der Waals surface area contributed by atoms with E-state index in [1.807, 2.05) is 18.2 Å². The van der Waals surface area contributed by atoms with Crippen molar-refractivity contribution >= 4 is 13.4 Å². The van der Waals surface area contributed by atoms with Gasteiger partial charge in [-0.25, -0.2) is 4.57 Å². The molecule has 4 nitrogen and oxygen atoms in total. The van der Waals surface area contributed by atoms with E-state index in [0.717, 1.165) is 38.5 Å². The van der Waals surface area contributed by atoms with Crippen LogP contribution < -0.4 is 4.52 Å². The summed E-state index contributed by atoms with van der Waals surface area (Å²) in [6.07, 6.45) is 8.90. The first-order valence-electron chi connectivity index (χ1n) is 12.9. The van der Waals surface area contributed by atoms with Crippen molar-refractivity contribution < 1.29 is 18.4 Å². The molecule has 0 amide bonds. The smallest absolute Gasteiger partial charge is 0.379 e. The molecule has 0 heterocycles. The van der Waals surface area contributed by atoms with Gasteiger partial charge in [-0.2, -0.15) is 0 Å². The first kappa shape index (κ1) is 28.3. The highest BCUT2D eigenvalue weighted by Crippen LogP contribution is 2.49. The van der Waals surface area contributed by atoms with Crippen LogP contribution in [0.3, 0.4) is 0 Å². The Morgan fingerprint density at radius 2 is 1.29 bits per heavy atom. The van der Waals surface area contributed by atoms with E-state index in [1.165, 1.54) is 12.8 Å². The first-order chi connectivity index (χ1) is 16.3. The molecule has 2 aromatic carbocycles. The minimum Gasteiger partial charge on any atom is -0.424 e. The normalized spacial score (nSPS) is 13.2. The van der Waals surface area contributed by atoms with Gasteiger partial charge in [0.2, 0.25) is 0 Å². The van der Waals surface area contributed by atoms with E-state index in [4.69, 9.17) is 9.05 Å². The second-order valence-electron chi connectivity index (χ2n) is 9.96. The van der Waals surface area contributed by atoms with Crippen molar-refractivity contribution in [3.8, 4) is 5.75 Å². The third-order valence-electron chi connectivity index (χ3n) is 5.82. The predicted octanol–water partition coefficient (Wildman–Crippen LogP) is 8.94. The van der Waals surface area contributed by atoms with E-state index < -0.39 is 7.60 Å². The zero-order chi connectivity index (χ0) is 24.8. The Balaban J connectivity index is 1.95. The summed E-state index contributed by atoms with van der Waals surface area (Å²) in [5, 5.41) is 0. The lowest BCUT2D eigenvalue weighted by Gasteiger charge is -2.20.